The fourth-order valence-electron chi connectivity index (χ4n) is 1.91. The second kappa shape index (κ2) is 6.55. The van der Waals surface area contributed by atoms with E-state index in [4.69, 9.17) is 4.74 Å². The quantitative estimate of drug-likeness (QED) is 0.575. The standard InChI is InChI=1S/C15H23N3O/c1-4-6-7-10-19-15-11(3)13(16-5-2)17-14(18-15)12-8-9-12/h4,12H,1,5-10H2,2-3H3,(H,16,17,18). The van der Waals surface area contributed by atoms with Crippen LogP contribution in [0.15, 0.2) is 12.7 Å². The van der Waals surface area contributed by atoms with E-state index in [2.05, 4.69) is 28.8 Å². The molecule has 0 radical (unpaired) electrons. The summed E-state index contributed by atoms with van der Waals surface area (Å²) in [4.78, 5) is 9.19. The van der Waals surface area contributed by atoms with Crippen molar-refractivity contribution in [2.24, 2.45) is 0 Å². The summed E-state index contributed by atoms with van der Waals surface area (Å²) >= 11 is 0. The van der Waals surface area contributed by atoms with Crippen molar-refractivity contribution in [3.63, 3.8) is 0 Å². The molecule has 4 nitrogen and oxygen atoms in total. The summed E-state index contributed by atoms with van der Waals surface area (Å²) in [6, 6.07) is 0. The van der Waals surface area contributed by atoms with Gasteiger partial charge < -0.3 is 10.1 Å². The van der Waals surface area contributed by atoms with Gasteiger partial charge in [-0.05, 0) is 39.5 Å². The molecule has 1 fully saturated rings. The van der Waals surface area contributed by atoms with Crippen LogP contribution in [0.2, 0.25) is 0 Å². The first kappa shape index (κ1) is 13.8. The molecule has 4 heteroatoms. The number of ether oxygens (including phenoxy) is 1. The summed E-state index contributed by atoms with van der Waals surface area (Å²) in [6.45, 7) is 9.34. The van der Waals surface area contributed by atoms with Gasteiger partial charge in [-0.1, -0.05) is 6.08 Å². The first-order chi connectivity index (χ1) is 9.26. The predicted molar refractivity (Wildman–Crippen MR) is 77.8 cm³/mol. The maximum absolute atomic E-state index is 5.81. The molecule has 1 aliphatic rings. The summed E-state index contributed by atoms with van der Waals surface area (Å²) < 4.78 is 5.81. The largest absolute Gasteiger partial charge is 0.477 e. The van der Waals surface area contributed by atoms with E-state index in [0.29, 0.717) is 12.5 Å². The van der Waals surface area contributed by atoms with Gasteiger partial charge >= 0.3 is 0 Å². The van der Waals surface area contributed by atoms with E-state index in [-0.39, 0.29) is 0 Å². The van der Waals surface area contributed by atoms with Crippen molar-refractivity contribution in [2.75, 3.05) is 18.5 Å². The van der Waals surface area contributed by atoms with Gasteiger partial charge in [-0.2, -0.15) is 4.98 Å². The van der Waals surface area contributed by atoms with E-state index in [1.165, 1.54) is 12.8 Å². The Morgan fingerprint density at radius 3 is 2.84 bits per heavy atom. The molecule has 0 bridgehead atoms. The second-order valence-corrected chi connectivity index (χ2v) is 4.94. The van der Waals surface area contributed by atoms with Gasteiger partial charge in [0.25, 0.3) is 0 Å². The van der Waals surface area contributed by atoms with E-state index >= 15 is 0 Å². The molecule has 2 rings (SSSR count). The number of aromatic nitrogens is 2. The molecule has 0 spiro atoms. The number of hydrogen-bond donors (Lipinski definition) is 1. The molecule has 1 N–H and O–H groups in total. The Morgan fingerprint density at radius 2 is 2.21 bits per heavy atom. The number of rotatable bonds is 8. The molecule has 0 aromatic carbocycles. The molecule has 0 aliphatic heterocycles. The molecular weight excluding hydrogens is 238 g/mol. The molecule has 104 valence electrons. The van der Waals surface area contributed by atoms with Crippen LogP contribution in [0.5, 0.6) is 5.88 Å². The number of anilines is 1. The zero-order valence-corrected chi connectivity index (χ0v) is 11.9. The van der Waals surface area contributed by atoms with E-state index in [9.17, 15) is 0 Å². The van der Waals surface area contributed by atoms with Gasteiger partial charge in [0.1, 0.15) is 11.6 Å². The molecular formula is C15H23N3O. The summed E-state index contributed by atoms with van der Waals surface area (Å²) in [6.07, 6.45) is 6.26. The third kappa shape index (κ3) is 3.69. The molecule has 1 aromatic heterocycles. The highest BCUT2D eigenvalue weighted by molar-refractivity contribution is 5.49. The van der Waals surface area contributed by atoms with Crippen molar-refractivity contribution < 1.29 is 4.74 Å². The number of allylic oxidation sites excluding steroid dienone is 1. The number of nitrogens with one attached hydrogen (secondary N) is 1. The van der Waals surface area contributed by atoms with Crippen molar-refractivity contribution in [2.45, 2.75) is 45.4 Å². The molecule has 0 atom stereocenters. The second-order valence-electron chi connectivity index (χ2n) is 4.94. The number of nitrogens with zero attached hydrogens (tertiary/aromatic N) is 2. The SMILES string of the molecule is C=CCCCOc1nc(C2CC2)nc(NCC)c1C. The van der Waals surface area contributed by atoms with Crippen molar-refractivity contribution >= 4 is 5.82 Å². The Labute approximate surface area is 115 Å². The minimum absolute atomic E-state index is 0.536. The van der Waals surface area contributed by atoms with Crippen LogP contribution in [0.3, 0.4) is 0 Å². The van der Waals surface area contributed by atoms with Gasteiger partial charge in [-0.25, -0.2) is 4.98 Å². The normalized spacial score (nSPS) is 14.2. The Hall–Kier alpha value is -1.58. The lowest BCUT2D eigenvalue weighted by molar-refractivity contribution is 0.296. The van der Waals surface area contributed by atoms with Gasteiger partial charge in [0.05, 0.1) is 12.2 Å². The van der Waals surface area contributed by atoms with Gasteiger partial charge in [0.15, 0.2) is 0 Å². The van der Waals surface area contributed by atoms with Crippen molar-refractivity contribution in [3.8, 4) is 5.88 Å². The maximum Gasteiger partial charge on any atom is 0.221 e. The highest BCUT2D eigenvalue weighted by atomic mass is 16.5. The smallest absolute Gasteiger partial charge is 0.221 e. The Bertz CT molecular complexity index is 441. The van der Waals surface area contributed by atoms with E-state index in [1.807, 2.05) is 13.0 Å². The average molecular weight is 261 g/mol. The minimum Gasteiger partial charge on any atom is -0.477 e. The lowest BCUT2D eigenvalue weighted by atomic mass is 10.3. The van der Waals surface area contributed by atoms with Crippen LogP contribution in [-0.2, 0) is 0 Å². The summed E-state index contributed by atoms with van der Waals surface area (Å²) in [5.41, 5.74) is 1.00. The van der Waals surface area contributed by atoms with Gasteiger partial charge in [0.2, 0.25) is 5.88 Å². The molecule has 19 heavy (non-hydrogen) atoms. The fraction of sp³-hybridized carbons (Fsp3) is 0.600. The highest BCUT2D eigenvalue weighted by Gasteiger charge is 2.28. The Morgan fingerprint density at radius 1 is 1.42 bits per heavy atom. The van der Waals surface area contributed by atoms with Crippen molar-refractivity contribution in [1.29, 1.82) is 0 Å². The van der Waals surface area contributed by atoms with E-state index in [0.717, 1.165) is 42.5 Å². The molecule has 1 heterocycles. The average Bonchev–Trinajstić information content (AvgIpc) is 3.23. The molecule has 1 aliphatic carbocycles. The van der Waals surface area contributed by atoms with E-state index < -0.39 is 0 Å². The number of unbranched alkanes of at least 4 members (excludes halogenated alkanes) is 1. The van der Waals surface area contributed by atoms with E-state index in [1.54, 1.807) is 0 Å². The van der Waals surface area contributed by atoms with Gasteiger partial charge in [0, 0.05) is 12.5 Å². The van der Waals surface area contributed by atoms with Gasteiger partial charge in [-0.3, -0.25) is 0 Å². The monoisotopic (exact) mass is 261 g/mol. The lowest BCUT2D eigenvalue weighted by Crippen LogP contribution is -2.09. The van der Waals surface area contributed by atoms with Crippen LogP contribution in [0.1, 0.15) is 49.9 Å². The summed E-state index contributed by atoms with van der Waals surface area (Å²) in [7, 11) is 0. The zero-order chi connectivity index (χ0) is 13.7. The topological polar surface area (TPSA) is 47.0 Å². The third-order valence-corrected chi connectivity index (χ3v) is 3.20. The summed E-state index contributed by atoms with van der Waals surface area (Å²) in [5, 5.41) is 3.29. The van der Waals surface area contributed by atoms with Crippen LogP contribution in [0, 0.1) is 6.92 Å². The van der Waals surface area contributed by atoms with Crippen LogP contribution < -0.4 is 10.1 Å². The minimum atomic E-state index is 0.536. The third-order valence-electron chi connectivity index (χ3n) is 3.20. The van der Waals surface area contributed by atoms with Crippen molar-refractivity contribution in [1.82, 2.24) is 9.97 Å². The van der Waals surface area contributed by atoms with Crippen LogP contribution in [0.4, 0.5) is 5.82 Å². The van der Waals surface area contributed by atoms with Crippen LogP contribution in [0.25, 0.3) is 0 Å². The maximum atomic E-state index is 5.81. The Balaban J connectivity index is 2.12. The zero-order valence-electron chi connectivity index (χ0n) is 11.9. The molecule has 0 unspecified atom stereocenters. The molecule has 0 amide bonds. The molecule has 1 aromatic rings. The number of hydrogen-bond acceptors (Lipinski definition) is 4. The molecule has 0 saturated heterocycles. The van der Waals surface area contributed by atoms with Crippen LogP contribution >= 0.6 is 0 Å². The fourth-order valence-corrected chi connectivity index (χ4v) is 1.91. The molecule has 1 saturated carbocycles. The predicted octanol–water partition coefficient (Wildman–Crippen LogP) is 3.44. The lowest BCUT2D eigenvalue weighted by Gasteiger charge is -2.13. The van der Waals surface area contributed by atoms with Crippen LogP contribution in [-0.4, -0.2) is 23.1 Å². The van der Waals surface area contributed by atoms with Gasteiger partial charge in [-0.15, -0.1) is 6.58 Å². The first-order valence-corrected chi connectivity index (χ1v) is 7.12. The first-order valence-electron chi connectivity index (χ1n) is 7.12. The highest BCUT2D eigenvalue weighted by Crippen LogP contribution is 2.39. The van der Waals surface area contributed by atoms with Crippen molar-refractivity contribution in [3.05, 3.63) is 24.0 Å². The Kier molecular flexibility index (Phi) is 4.77. The summed E-state index contributed by atoms with van der Waals surface area (Å²) in [5.74, 6) is 3.11.